The van der Waals surface area contributed by atoms with Gasteiger partial charge in [0, 0.05) is 11.6 Å². The van der Waals surface area contributed by atoms with Gasteiger partial charge in [0.2, 0.25) is 0 Å². The van der Waals surface area contributed by atoms with Crippen molar-refractivity contribution in [1.29, 1.82) is 0 Å². The second kappa shape index (κ2) is 8.67. The van der Waals surface area contributed by atoms with Crippen molar-refractivity contribution in [3.8, 4) is 11.5 Å². The maximum absolute atomic E-state index is 13.0. The number of rotatable bonds is 9. The number of ether oxygens (including phenoxy) is 2. The molecular weight excluding hydrogens is 315 g/mol. The summed E-state index contributed by atoms with van der Waals surface area (Å²) in [5.74, 6) is -1.71. The minimum Gasteiger partial charge on any atom is -0.494 e. The van der Waals surface area contributed by atoms with Crippen molar-refractivity contribution < 1.29 is 28.6 Å². The first-order chi connectivity index (χ1) is 11.6. The van der Waals surface area contributed by atoms with E-state index in [1.54, 1.807) is 24.3 Å². The van der Waals surface area contributed by atoms with Crippen LogP contribution in [0.3, 0.4) is 0 Å². The Bertz CT molecular complexity index is 697. The fourth-order valence-corrected chi connectivity index (χ4v) is 1.97. The smallest absolute Gasteiger partial charge is 0.377 e. The van der Waals surface area contributed by atoms with Gasteiger partial charge in [0.05, 0.1) is 13.2 Å². The number of halogens is 1. The number of hydrogen-bond donors (Lipinski definition) is 1. The zero-order valence-corrected chi connectivity index (χ0v) is 12.9. The third-order valence-electron chi connectivity index (χ3n) is 3.18. The number of hydrogen-bond acceptors (Lipinski definition) is 4. The van der Waals surface area contributed by atoms with E-state index >= 15 is 0 Å². The van der Waals surface area contributed by atoms with Crippen LogP contribution < -0.4 is 9.47 Å². The van der Waals surface area contributed by atoms with Crippen LogP contribution in [0.15, 0.2) is 48.5 Å². The average molecular weight is 332 g/mol. The highest BCUT2D eigenvalue weighted by Crippen LogP contribution is 2.14. The van der Waals surface area contributed by atoms with Gasteiger partial charge in [-0.3, -0.25) is 4.79 Å². The number of Topliss-reactive ketones (excluding diaryl/α,β-unsaturated/α-hetero) is 1. The van der Waals surface area contributed by atoms with Crippen LogP contribution in [0.2, 0.25) is 0 Å². The van der Waals surface area contributed by atoms with Crippen LogP contribution in [0.4, 0.5) is 4.39 Å². The normalized spacial score (nSPS) is 10.2. The number of benzene rings is 2. The molecule has 0 fully saturated rings. The second-order valence-electron chi connectivity index (χ2n) is 5.02. The zero-order chi connectivity index (χ0) is 17.4. The first-order valence-electron chi connectivity index (χ1n) is 7.45. The van der Waals surface area contributed by atoms with E-state index in [9.17, 15) is 14.0 Å². The Balaban J connectivity index is 1.65. The maximum atomic E-state index is 13.0. The molecule has 0 atom stereocenters. The van der Waals surface area contributed by atoms with E-state index < -0.39 is 11.8 Å². The Morgan fingerprint density at radius 3 is 2.12 bits per heavy atom. The lowest BCUT2D eigenvalue weighted by Crippen LogP contribution is -2.12. The van der Waals surface area contributed by atoms with Crippen LogP contribution in [0.1, 0.15) is 23.2 Å². The molecule has 0 saturated heterocycles. The third-order valence-corrected chi connectivity index (χ3v) is 3.18. The van der Waals surface area contributed by atoms with E-state index in [0.29, 0.717) is 24.7 Å². The molecule has 2 aromatic rings. The van der Waals surface area contributed by atoms with E-state index in [1.165, 1.54) is 24.3 Å². The average Bonchev–Trinajstić information content (AvgIpc) is 2.58. The Morgan fingerprint density at radius 1 is 0.917 bits per heavy atom. The fourth-order valence-electron chi connectivity index (χ4n) is 1.97. The number of unbranched alkanes of at least 4 members (excludes halogenated alkanes) is 1. The molecule has 2 rings (SSSR count). The summed E-state index contributed by atoms with van der Waals surface area (Å²) in [6.07, 6.45) is 1.48. The molecule has 0 aliphatic heterocycles. The van der Waals surface area contributed by atoms with Crippen molar-refractivity contribution in [1.82, 2.24) is 0 Å². The minimum absolute atomic E-state index is 0.110. The number of carboxylic acid groups (broad SMARTS) is 1. The summed E-state index contributed by atoms with van der Waals surface area (Å²) in [6, 6.07) is 11.9. The fraction of sp³-hybridized carbons (Fsp3) is 0.222. The summed E-state index contributed by atoms with van der Waals surface area (Å²) in [5.41, 5.74) is 0.110. The van der Waals surface area contributed by atoms with E-state index in [4.69, 9.17) is 14.6 Å². The molecule has 0 amide bonds. The van der Waals surface area contributed by atoms with Crippen molar-refractivity contribution >= 4 is 11.8 Å². The zero-order valence-electron chi connectivity index (χ0n) is 12.9. The quantitative estimate of drug-likeness (QED) is 0.433. The lowest BCUT2D eigenvalue weighted by atomic mass is 10.1. The van der Waals surface area contributed by atoms with Crippen molar-refractivity contribution in [2.24, 2.45) is 0 Å². The van der Waals surface area contributed by atoms with E-state index in [-0.39, 0.29) is 11.4 Å². The molecule has 24 heavy (non-hydrogen) atoms. The van der Waals surface area contributed by atoms with Crippen LogP contribution in [0.25, 0.3) is 0 Å². The monoisotopic (exact) mass is 332 g/mol. The van der Waals surface area contributed by atoms with Gasteiger partial charge in [0.1, 0.15) is 17.3 Å². The molecule has 0 aliphatic carbocycles. The van der Waals surface area contributed by atoms with Crippen molar-refractivity contribution in [2.75, 3.05) is 13.2 Å². The van der Waals surface area contributed by atoms with Crippen LogP contribution in [0.5, 0.6) is 11.5 Å². The first kappa shape index (κ1) is 17.5. The summed E-state index contributed by atoms with van der Waals surface area (Å²) in [7, 11) is 0. The molecule has 0 bridgehead atoms. The van der Waals surface area contributed by atoms with Gasteiger partial charge in [-0.05, 0) is 49.2 Å². The van der Waals surface area contributed by atoms with Crippen molar-refractivity contribution in [3.63, 3.8) is 0 Å². The molecule has 0 heterocycles. The van der Waals surface area contributed by atoms with Crippen molar-refractivity contribution in [2.45, 2.75) is 12.8 Å². The molecule has 0 unspecified atom stereocenters. The molecule has 0 radical (unpaired) electrons. The molecule has 5 nitrogen and oxygen atoms in total. The highest BCUT2D eigenvalue weighted by molar-refractivity contribution is 6.39. The largest absolute Gasteiger partial charge is 0.494 e. The molecule has 126 valence electrons. The molecule has 0 spiro atoms. The van der Waals surface area contributed by atoms with Gasteiger partial charge in [-0.1, -0.05) is 6.07 Å². The van der Waals surface area contributed by atoms with Crippen LogP contribution in [-0.4, -0.2) is 30.1 Å². The Hall–Kier alpha value is -2.89. The van der Waals surface area contributed by atoms with Crippen LogP contribution in [0, 0.1) is 5.82 Å². The predicted molar refractivity (Wildman–Crippen MR) is 85.0 cm³/mol. The summed E-state index contributed by atoms with van der Waals surface area (Å²) >= 11 is 0. The standard InChI is InChI=1S/C18H17FO5/c19-14-4-3-5-16(12-14)24-11-2-1-10-23-15-8-6-13(7-9-15)17(20)18(21)22/h3-9,12H,1-2,10-11H2,(H,21,22). The first-order valence-corrected chi connectivity index (χ1v) is 7.45. The summed E-state index contributed by atoms with van der Waals surface area (Å²) in [5, 5.41) is 8.61. The topological polar surface area (TPSA) is 72.8 Å². The number of carboxylic acids is 1. The van der Waals surface area contributed by atoms with Crippen LogP contribution >= 0.6 is 0 Å². The number of carbonyl (C=O) groups is 2. The second-order valence-corrected chi connectivity index (χ2v) is 5.02. The molecule has 2 aromatic carbocycles. The third kappa shape index (κ3) is 5.39. The number of ketones is 1. The molecule has 0 saturated carbocycles. The Kier molecular flexibility index (Phi) is 6.31. The lowest BCUT2D eigenvalue weighted by molar-refractivity contribution is -0.131. The van der Waals surface area contributed by atoms with Gasteiger partial charge in [-0.2, -0.15) is 0 Å². The highest BCUT2D eigenvalue weighted by atomic mass is 19.1. The molecule has 6 heteroatoms. The van der Waals surface area contributed by atoms with E-state index in [0.717, 1.165) is 12.8 Å². The van der Waals surface area contributed by atoms with Gasteiger partial charge >= 0.3 is 5.97 Å². The summed E-state index contributed by atoms with van der Waals surface area (Å²) < 4.78 is 23.9. The Labute approximate surface area is 138 Å². The molecule has 0 aliphatic rings. The number of aliphatic carboxylic acids is 1. The van der Waals surface area contributed by atoms with Gasteiger partial charge in [0.25, 0.3) is 5.78 Å². The number of carbonyl (C=O) groups excluding carboxylic acids is 1. The van der Waals surface area contributed by atoms with Gasteiger partial charge in [-0.25, -0.2) is 9.18 Å². The maximum Gasteiger partial charge on any atom is 0.377 e. The van der Waals surface area contributed by atoms with Gasteiger partial charge in [0.15, 0.2) is 0 Å². The molecule has 1 N–H and O–H groups in total. The van der Waals surface area contributed by atoms with E-state index in [1.807, 2.05) is 0 Å². The molecule has 0 aromatic heterocycles. The van der Waals surface area contributed by atoms with Crippen molar-refractivity contribution in [3.05, 3.63) is 59.9 Å². The van der Waals surface area contributed by atoms with Gasteiger partial charge < -0.3 is 14.6 Å². The molecular formula is C18H17FO5. The lowest BCUT2D eigenvalue weighted by Gasteiger charge is -2.08. The SMILES string of the molecule is O=C(O)C(=O)c1ccc(OCCCCOc2cccc(F)c2)cc1. The predicted octanol–water partition coefficient (Wildman–Crippen LogP) is 3.33. The van der Waals surface area contributed by atoms with Gasteiger partial charge in [-0.15, -0.1) is 0 Å². The summed E-state index contributed by atoms with van der Waals surface area (Å²) in [6.45, 7) is 0.914. The van der Waals surface area contributed by atoms with E-state index in [2.05, 4.69) is 0 Å². The highest BCUT2D eigenvalue weighted by Gasteiger charge is 2.13. The Morgan fingerprint density at radius 2 is 1.54 bits per heavy atom. The summed E-state index contributed by atoms with van der Waals surface area (Å²) in [4.78, 5) is 21.8. The minimum atomic E-state index is -1.48. The van der Waals surface area contributed by atoms with Crippen LogP contribution in [-0.2, 0) is 4.79 Å².